The highest BCUT2D eigenvalue weighted by atomic mass is 35.5. The molecule has 2 aromatic carbocycles. The Kier molecular flexibility index (Phi) is 4.67. The van der Waals surface area contributed by atoms with Gasteiger partial charge in [-0.25, -0.2) is 18.9 Å². The van der Waals surface area contributed by atoms with Crippen molar-refractivity contribution >= 4 is 28.8 Å². The molecule has 0 atom stereocenters. The van der Waals surface area contributed by atoms with Crippen LogP contribution in [-0.4, -0.2) is 25.1 Å². The molecule has 0 aliphatic carbocycles. The summed E-state index contributed by atoms with van der Waals surface area (Å²) in [4.78, 5) is 29.5. The first-order valence-electron chi connectivity index (χ1n) is 8.59. The molecule has 2 heterocycles. The first-order valence-corrected chi connectivity index (χ1v) is 8.97. The monoisotopic (exact) mass is 393 g/mol. The van der Waals surface area contributed by atoms with Crippen LogP contribution in [0.1, 0.15) is 5.82 Å². The maximum atomic E-state index is 12.7. The summed E-state index contributed by atoms with van der Waals surface area (Å²) in [6, 6.07) is 18.1. The summed E-state index contributed by atoms with van der Waals surface area (Å²) < 4.78 is 2.52. The van der Waals surface area contributed by atoms with Gasteiger partial charge >= 0.3 is 5.69 Å². The maximum Gasteiger partial charge on any atom is 0.352 e. The van der Waals surface area contributed by atoms with Crippen LogP contribution in [0.2, 0.25) is 5.02 Å². The molecule has 0 bridgehead atoms. The van der Waals surface area contributed by atoms with Crippen LogP contribution in [0.5, 0.6) is 0 Å². The van der Waals surface area contributed by atoms with E-state index in [4.69, 9.17) is 11.6 Å². The molecule has 28 heavy (non-hydrogen) atoms. The van der Waals surface area contributed by atoms with Crippen molar-refractivity contribution in [3.63, 3.8) is 0 Å². The van der Waals surface area contributed by atoms with Gasteiger partial charge in [0, 0.05) is 22.3 Å². The number of benzene rings is 2. The molecule has 0 aliphatic rings. The molecule has 0 spiro atoms. The number of halogens is 1. The van der Waals surface area contributed by atoms with Crippen LogP contribution in [-0.2, 0) is 11.3 Å². The molecule has 7 nitrogen and oxygen atoms in total. The van der Waals surface area contributed by atoms with Crippen molar-refractivity contribution in [1.82, 2.24) is 19.2 Å². The smallest absolute Gasteiger partial charge is 0.324 e. The first kappa shape index (κ1) is 17.9. The summed E-state index contributed by atoms with van der Waals surface area (Å²) in [6.07, 6.45) is 0. The fourth-order valence-electron chi connectivity index (χ4n) is 2.93. The molecular weight excluding hydrogens is 378 g/mol. The molecule has 4 rings (SSSR count). The number of anilines is 1. The van der Waals surface area contributed by atoms with Crippen molar-refractivity contribution in [3.8, 4) is 11.3 Å². The van der Waals surface area contributed by atoms with Gasteiger partial charge in [-0.3, -0.25) is 4.79 Å². The third kappa shape index (κ3) is 3.52. The molecule has 1 N–H and O–H groups in total. The third-order valence-electron chi connectivity index (χ3n) is 4.23. The van der Waals surface area contributed by atoms with Crippen molar-refractivity contribution in [2.75, 3.05) is 5.32 Å². The average Bonchev–Trinajstić information content (AvgIpc) is 3.00. The lowest BCUT2D eigenvalue weighted by Gasteiger charge is -2.04. The summed E-state index contributed by atoms with van der Waals surface area (Å²) in [5.41, 5.74) is 2.26. The molecule has 0 unspecified atom stereocenters. The molecular formula is C20H16ClN5O2. The fourth-order valence-corrected chi connectivity index (χ4v) is 3.06. The van der Waals surface area contributed by atoms with Crippen molar-refractivity contribution in [2.24, 2.45) is 0 Å². The van der Waals surface area contributed by atoms with E-state index >= 15 is 0 Å². The number of aryl methyl sites for hydroxylation is 1. The van der Waals surface area contributed by atoms with Crippen LogP contribution in [0.4, 0.5) is 5.69 Å². The largest absolute Gasteiger partial charge is 0.352 e. The zero-order valence-corrected chi connectivity index (χ0v) is 15.7. The quantitative estimate of drug-likeness (QED) is 0.577. The Morgan fingerprint density at radius 2 is 1.82 bits per heavy atom. The second kappa shape index (κ2) is 7.28. The van der Waals surface area contributed by atoms with Crippen LogP contribution in [0.15, 0.2) is 65.5 Å². The van der Waals surface area contributed by atoms with E-state index < -0.39 is 5.69 Å². The fraction of sp³-hybridized carbons (Fsp3) is 0.100. The lowest BCUT2D eigenvalue weighted by atomic mass is 10.1. The van der Waals surface area contributed by atoms with E-state index in [0.29, 0.717) is 27.9 Å². The number of fused-ring (bicyclic) bond motifs is 1. The number of carbonyl (C=O) groups excluding carboxylic acids is 1. The zero-order chi connectivity index (χ0) is 19.7. The SMILES string of the molecule is Cc1nc(-c2ccccc2)cc2nn(CC(=O)Nc3ccc(Cl)cc3)c(=O)n12. The molecule has 0 fully saturated rings. The van der Waals surface area contributed by atoms with Gasteiger partial charge in [0.2, 0.25) is 5.91 Å². The number of aromatic nitrogens is 4. The third-order valence-corrected chi connectivity index (χ3v) is 4.48. The van der Waals surface area contributed by atoms with Gasteiger partial charge in [0.25, 0.3) is 0 Å². The Labute approximate surface area is 165 Å². The summed E-state index contributed by atoms with van der Waals surface area (Å²) in [6.45, 7) is 1.53. The molecule has 0 saturated carbocycles. The summed E-state index contributed by atoms with van der Waals surface area (Å²) in [7, 11) is 0. The van der Waals surface area contributed by atoms with Crippen molar-refractivity contribution in [3.05, 3.63) is 82.0 Å². The predicted molar refractivity (Wildman–Crippen MR) is 108 cm³/mol. The Morgan fingerprint density at radius 1 is 1.11 bits per heavy atom. The standard InChI is InChI=1S/C20H16ClN5O2/c1-13-22-17(14-5-3-2-4-6-14)11-18-24-25(20(28)26(13)18)12-19(27)23-16-9-7-15(21)8-10-16/h2-11H,12H2,1H3,(H,23,27). The molecule has 0 aliphatic heterocycles. The lowest BCUT2D eigenvalue weighted by molar-refractivity contribution is -0.117. The molecule has 8 heteroatoms. The molecule has 0 saturated heterocycles. The minimum absolute atomic E-state index is 0.205. The summed E-state index contributed by atoms with van der Waals surface area (Å²) in [5, 5.41) is 7.59. The van der Waals surface area contributed by atoms with Crippen LogP contribution >= 0.6 is 11.6 Å². The van der Waals surface area contributed by atoms with Crippen LogP contribution in [0, 0.1) is 6.92 Å². The van der Waals surface area contributed by atoms with E-state index in [2.05, 4.69) is 15.4 Å². The zero-order valence-electron chi connectivity index (χ0n) is 15.0. The van der Waals surface area contributed by atoms with Gasteiger partial charge in [-0.2, -0.15) is 0 Å². The number of nitrogens with one attached hydrogen (secondary N) is 1. The number of hydrogen-bond acceptors (Lipinski definition) is 4. The van der Waals surface area contributed by atoms with Gasteiger partial charge in [-0.15, -0.1) is 5.10 Å². The van der Waals surface area contributed by atoms with E-state index in [1.807, 2.05) is 30.3 Å². The second-order valence-electron chi connectivity index (χ2n) is 6.24. The maximum absolute atomic E-state index is 12.7. The van der Waals surface area contributed by atoms with Gasteiger partial charge in [0.05, 0.1) is 5.69 Å². The van der Waals surface area contributed by atoms with E-state index in [1.54, 1.807) is 37.3 Å². The predicted octanol–water partition coefficient (Wildman–Crippen LogP) is 3.16. The molecule has 0 radical (unpaired) electrons. The van der Waals surface area contributed by atoms with Gasteiger partial charge < -0.3 is 5.32 Å². The average molecular weight is 394 g/mol. The molecule has 140 valence electrons. The van der Waals surface area contributed by atoms with E-state index in [9.17, 15) is 9.59 Å². The topological polar surface area (TPSA) is 81.3 Å². The van der Waals surface area contributed by atoms with E-state index in [0.717, 1.165) is 10.2 Å². The number of hydrogen-bond donors (Lipinski definition) is 1. The van der Waals surface area contributed by atoms with Gasteiger partial charge in [0.15, 0.2) is 5.65 Å². The molecule has 1 amide bonds. The minimum Gasteiger partial charge on any atom is -0.324 e. The Bertz CT molecular complexity index is 1210. The van der Waals surface area contributed by atoms with E-state index in [-0.39, 0.29) is 12.5 Å². The number of rotatable bonds is 4. The van der Waals surface area contributed by atoms with Crippen LogP contribution in [0.3, 0.4) is 0 Å². The van der Waals surface area contributed by atoms with Gasteiger partial charge in [-0.05, 0) is 31.2 Å². The van der Waals surface area contributed by atoms with Crippen LogP contribution in [0.25, 0.3) is 16.9 Å². The Morgan fingerprint density at radius 3 is 2.54 bits per heavy atom. The highest BCUT2D eigenvalue weighted by Gasteiger charge is 2.14. The highest BCUT2D eigenvalue weighted by molar-refractivity contribution is 6.30. The lowest BCUT2D eigenvalue weighted by Crippen LogP contribution is -2.28. The second-order valence-corrected chi connectivity index (χ2v) is 6.68. The summed E-state index contributed by atoms with van der Waals surface area (Å²) >= 11 is 5.84. The van der Waals surface area contributed by atoms with Gasteiger partial charge in [-0.1, -0.05) is 41.9 Å². The normalized spacial score (nSPS) is 10.9. The highest BCUT2D eigenvalue weighted by Crippen LogP contribution is 2.18. The number of carbonyl (C=O) groups is 1. The Hall–Kier alpha value is -3.45. The first-order chi connectivity index (χ1) is 13.5. The van der Waals surface area contributed by atoms with Crippen molar-refractivity contribution in [2.45, 2.75) is 13.5 Å². The van der Waals surface area contributed by atoms with Gasteiger partial charge in [0.1, 0.15) is 12.4 Å². The number of amides is 1. The molecule has 4 aromatic rings. The van der Waals surface area contributed by atoms with Crippen molar-refractivity contribution in [1.29, 1.82) is 0 Å². The number of nitrogens with zero attached hydrogens (tertiary/aromatic N) is 4. The van der Waals surface area contributed by atoms with E-state index in [1.165, 1.54) is 4.40 Å². The Balaban J connectivity index is 1.64. The summed E-state index contributed by atoms with van der Waals surface area (Å²) in [5.74, 6) is 0.146. The van der Waals surface area contributed by atoms with Crippen LogP contribution < -0.4 is 11.0 Å². The molecule has 2 aromatic heterocycles. The van der Waals surface area contributed by atoms with Crippen molar-refractivity contribution < 1.29 is 4.79 Å². The minimum atomic E-state index is -0.411.